The van der Waals surface area contributed by atoms with E-state index in [1.165, 1.54) is 12.1 Å². The van der Waals surface area contributed by atoms with E-state index >= 15 is 0 Å². The third kappa shape index (κ3) is 4.76. The topological polar surface area (TPSA) is 83.7 Å². The second-order valence-corrected chi connectivity index (χ2v) is 6.98. The fourth-order valence-corrected chi connectivity index (χ4v) is 3.34. The predicted molar refractivity (Wildman–Crippen MR) is 103 cm³/mol. The Balaban J connectivity index is 1.20. The molecule has 0 spiro atoms. The van der Waals surface area contributed by atoms with E-state index in [1.54, 1.807) is 18.3 Å². The van der Waals surface area contributed by atoms with Crippen molar-refractivity contribution in [1.29, 1.82) is 0 Å². The number of rotatable bonds is 7. The SMILES string of the molecule is OC(COc1ccc(F)cc1)CN1CCC(Nc2nc3ncccc3o2)CC1. The average molecular weight is 386 g/mol. The van der Waals surface area contributed by atoms with Crippen LogP contribution in [0.2, 0.25) is 0 Å². The highest BCUT2D eigenvalue weighted by atomic mass is 19.1. The maximum atomic E-state index is 12.9. The van der Waals surface area contributed by atoms with Gasteiger partial charge in [0.25, 0.3) is 6.01 Å². The number of hydrogen-bond acceptors (Lipinski definition) is 7. The Morgan fingerprint density at radius 2 is 2.04 bits per heavy atom. The van der Waals surface area contributed by atoms with Crippen molar-refractivity contribution < 1.29 is 18.7 Å². The van der Waals surface area contributed by atoms with Gasteiger partial charge >= 0.3 is 0 Å². The van der Waals surface area contributed by atoms with Crippen LogP contribution in [0.25, 0.3) is 11.2 Å². The van der Waals surface area contributed by atoms with E-state index in [0.29, 0.717) is 29.5 Å². The summed E-state index contributed by atoms with van der Waals surface area (Å²) < 4.78 is 24.1. The molecule has 1 atom stereocenters. The van der Waals surface area contributed by atoms with Gasteiger partial charge in [0.05, 0.1) is 0 Å². The zero-order valence-corrected chi connectivity index (χ0v) is 15.4. The van der Waals surface area contributed by atoms with Crippen molar-refractivity contribution in [3.05, 3.63) is 48.4 Å². The van der Waals surface area contributed by atoms with Gasteiger partial charge < -0.3 is 24.5 Å². The summed E-state index contributed by atoms with van der Waals surface area (Å²) in [7, 11) is 0. The van der Waals surface area contributed by atoms with E-state index in [0.717, 1.165) is 25.9 Å². The number of β-amino-alcohol motifs (C(OH)–C–C–N with tert-alkyl or cyclic N) is 1. The van der Waals surface area contributed by atoms with Gasteiger partial charge in [-0.3, -0.25) is 0 Å². The molecule has 2 aromatic heterocycles. The standard InChI is InChI=1S/C20H23FN4O3/c21-14-3-5-17(6-4-14)27-13-16(26)12-25-10-7-15(8-11-25)23-20-24-19-18(28-20)2-1-9-22-19/h1-6,9,15-16,26H,7-8,10-13H2,(H,22,23,24). The largest absolute Gasteiger partial charge is 0.491 e. The number of aromatic nitrogens is 2. The van der Waals surface area contributed by atoms with Gasteiger partial charge in [-0.1, -0.05) is 0 Å². The third-order valence-corrected chi connectivity index (χ3v) is 4.81. The van der Waals surface area contributed by atoms with Crippen LogP contribution in [0.4, 0.5) is 10.4 Å². The van der Waals surface area contributed by atoms with Gasteiger partial charge in [0.15, 0.2) is 5.58 Å². The Morgan fingerprint density at radius 1 is 1.25 bits per heavy atom. The van der Waals surface area contributed by atoms with Crippen molar-refractivity contribution in [3.8, 4) is 5.75 Å². The molecule has 4 rings (SSSR count). The van der Waals surface area contributed by atoms with Crippen LogP contribution in [0.5, 0.6) is 5.75 Å². The molecule has 0 aliphatic carbocycles. The van der Waals surface area contributed by atoms with Gasteiger partial charge in [-0.2, -0.15) is 4.98 Å². The summed E-state index contributed by atoms with van der Waals surface area (Å²) in [4.78, 5) is 10.7. The highest BCUT2D eigenvalue weighted by Crippen LogP contribution is 2.20. The first-order valence-electron chi connectivity index (χ1n) is 9.42. The minimum atomic E-state index is -0.599. The molecule has 3 heterocycles. The molecule has 3 aromatic rings. The van der Waals surface area contributed by atoms with Crippen molar-refractivity contribution in [1.82, 2.24) is 14.9 Å². The molecule has 28 heavy (non-hydrogen) atoms. The molecule has 7 nitrogen and oxygen atoms in total. The van der Waals surface area contributed by atoms with Crippen LogP contribution in [-0.2, 0) is 0 Å². The fourth-order valence-electron chi connectivity index (χ4n) is 3.34. The van der Waals surface area contributed by atoms with E-state index in [2.05, 4.69) is 20.2 Å². The smallest absolute Gasteiger partial charge is 0.297 e. The van der Waals surface area contributed by atoms with Gasteiger partial charge in [-0.05, 0) is 49.2 Å². The molecule has 1 unspecified atom stereocenters. The zero-order chi connectivity index (χ0) is 19.3. The first-order chi connectivity index (χ1) is 13.7. The lowest BCUT2D eigenvalue weighted by atomic mass is 10.0. The second kappa shape index (κ2) is 8.53. The second-order valence-electron chi connectivity index (χ2n) is 6.98. The number of likely N-dealkylation sites (tertiary alicyclic amines) is 1. The number of pyridine rings is 1. The van der Waals surface area contributed by atoms with E-state index in [1.807, 2.05) is 12.1 Å². The minimum Gasteiger partial charge on any atom is -0.491 e. The fraction of sp³-hybridized carbons (Fsp3) is 0.400. The summed E-state index contributed by atoms with van der Waals surface area (Å²) in [5.74, 6) is 0.245. The molecule has 1 saturated heterocycles. The number of ether oxygens (including phenoxy) is 1. The number of aliphatic hydroxyl groups is 1. The summed E-state index contributed by atoms with van der Waals surface area (Å²) >= 11 is 0. The van der Waals surface area contributed by atoms with Crippen LogP contribution in [0, 0.1) is 5.82 Å². The minimum absolute atomic E-state index is 0.180. The number of hydrogen-bond donors (Lipinski definition) is 2. The van der Waals surface area contributed by atoms with Gasteiger partial charge in [0.1, 0.15) is 24.3 Å². The quantitative estimate of drug-likeness (QED) is 0.646. The molecule has 1 aromatic carbocycles. The molecule has 0 saturated carbocycles. The maximum absolute atomic E-state index is 12.9. The van der Waals surface area contributed by atoms with Crippen molar-refractivity contribution in [2.24, 2.45) is 0 Å². The number of benzene rings is 1. The Kier molecular flexibility index (Phi) is 5.68. The van der Waals surface area contributed by atoms with Gasteiger partial charge in [-0.25, -0.2) is 9.37 Å². The van der Waals surface area contributed by atoms with Crippen molar-refractivity contribution in [2.75, 3.05) is 31.6 Å². The lowest BCUT2D eigenvalue weighted by Gasteiger charge is -2.33. The normalized spacial score (nSPS) is 16.9. The molecule has 1 aliphatic heterocycles. The van der Waals surface area contributed by atoms with Crippen LogP contribution in [-0.4, -0.2) is 58.4 Å². The number of halogens is 1. The van der Waals surface area contributed by atoms with E-state index in [-0.39, 0.29) is 18.5 Å². The van der Waals surface area contributed by atoms with Crippen LogP contribution < -0.4 is 10.1 Å². The summed E-state index contributed by atoms with van der Waals surface area (Å²) in [6, 6.07) is 10.2. The van der Waals surface area contributed by atoms with Crippen LogP contribution in [0.15, 0.2) is 47.0 Å². The van der Waals surface area contributed by atoms with Crippen LogP contribution >= 0.6 is 0 Å². The Bertz CT molecular complexity index is 861. The molecular weight excluding hydrogens is 363 g/mol. The van der Waals surface area contributed by atoms with E-state index in [4.69, 9.17) is 9.15 Å². The monoisotopic (exact) mass is 386 g/mol. The molecule has 8 heteroatoms. The number of oxazole rings is 1. The number of nitrogens with one attached hydrogen (secondary N) is 1. The van der Waals surface area contributed by atoms with Crippen molar-refractivity contribution in [2.45, 2.75) is 25.0 Å². The number of piperidine rings is 1. The maximum Gasteiger partial charge on any atom is 0.297 e. The summed E-state index contributed by atoms with van der Waals surface area (Å²) in [5.41, 5.74) is 1.28. The van der Waals surface area contributed by atoms with E-state index < -0.39 is 6.10 Å². The van der Waals surface area contributed by atoms with Gasteiger partial charge in [0.2, 0.25) is 5.65 Å². The summed E-state index contributed by atoms with van der Waals surface area (Å²) in [6.45, 7) is 2.45. The third-order valence-electron chi connectivity index (χ3n) is 4.81. The Labute approximate surface area is 162 Å². The summed E-state index contributed by atoms with van der Waals surface area (Å²) in [6.07, 6.45) is 2.95. The molecule has 0 amide bonds. The molecular formula is C20H23FN4O3. The molecule has 0 bridgehead atoms. The highest BCUT2D eigenvalue weighted by molar-refractivity contribution is 5.69. The Morgan fingerprint density at radius 3 is 2.79 bits per heavy atom. The highest BCUT2D eigenvalue weighted by Gasteiger charge is 2.22. The lowest BCUT2D eigenvalue weighted by Crippen LogP contribution is -2.43. The Hall–Kier alpha value is -2.71. The zero-order valence-electron chi connectivity index (χ0n) is 15.4. The number of aliphatic hydroxyl groups excluding tert-OH is 1. The predicted octanol–water partition coefficient (Wildman–Crippen LogP) is 2.68. The summed E-state index contributed by atoms with van der Waals surface area (Å²) in [5, 5.41) is 13.5. The molecule has 1 aliphatic rings. The molecule has 0 radical (unpaired) electrons. The number of fused-ring (bicyclic) bond motifs is 1. The van der Waals surface area contributed by atoms with Crippen molar-refractivity contribution in [3.63, 3.8) is 0 Å². The lowest BCUT2D eigenvalue weighted by molar-refractivity contribution is 0.0604. The van der Waals surface area contributed by atoms with Crippen LogP contribution in [0.1, 0.15) is 12.8 Å². The van der Waals surface area contributed by atoms with Crippen molar-refractivity contribution >= 4 is 17.2 Å². The molecule has 2 N–H and O–H groups in total. The van der Waals surface area contributed by atoms with Gasteiger partial charge in [-0.15, -0.1) is 0 Å². The van der Waals surface area contributed by atoms with Crippen LogP contribution in [0.3, 0.4) is 0 Å². The number of nitrogens with zero attached hydrogens (tertiary/aromatic N) is 3. The molecule has 1 fully saturated rings. The van der Waals surface area contributed by atoms with Gasteiger partial charge in [0, 0.05) is 31.9 Å². The number of anilines is 1. The van der Waals surface area contributed by atoms with E-state index in [9.17, 15) is 9.50 Å². The first-order valence-corrected chi connectivity index (χ1v) is 9.42. The average Bonchev–Trinajstić information content (AvgIpc) is 3.11. The molecule has 148 valence electrons. The first kappa shape index (κ1) is 18.6.